The summed E-state index contributed by atoms with van der Waals surface area (Å²) in [5, 5.41) is 10.6. The van der Waals surface area contributed by atoms with Gasteiger partial charge in [0, 0.05) is 36.3 Å². The molecule has 0 bridgehead atoms. The summed E-state index contributed by atoms with van der Waals surface area (Å²) in [7, 11) is 5.79. The van der Waals surface area contributed by atoms with Gasteiger partial charge in [0.15, 0.2) is 0 Å². The van der Waals surface area contributed by atoms with Gasteiger partial charge in [-0.25, -0.2) is 0 Å². The predicted octanol–water partition coefficient (Wildman–Crippen LogP) is 1.85. The summed E-state index contributed by atoms with van der Waals surface area (Å²) in [6.45, 7) is 2.40. The van der Waals surface area contributed by atoms with Crippen LogP contribution in [0.4, 0.5) is 0 Å². The second-order valence-corrected chi connectivity index (χ2v) is 6.13. The van der Waals surface area contributed by atoms with E-state index in [1.807, 2.05) is 18.2 Å². The first-order chi connectivity index (χ1) is 9.49. The maximum atomic E-state index is 9.92. The molecule has 1 aliphatic heterocycles. The van der Waals surface area contributed by atoms with Crippen molar-refractivity contribution in [1.29, 1.82) is 0 Å². The molecule has 4 nitrogen and oxygen atoms in total. The highest BCUT2D eigenvalue weighted by Gasteiger charge is 2.31. The Labute approximate surface area is 125 Å². The van der Waals surface area contributed by atoms with Gasteiger partial charge >= 0.3 is 0 Å². The van der Waals surface area contributed by atoms with Gasteiger partial charge < -0.3 is 14.7 Å². The number of β-amino-alcohol motifs (C(OH)–C–C–N with tert-alkyl or cyclic N) is 1. The van der Waals surface area contributed by atoms with Crippen molar-refractivity contribution in [3.63, 3.8) is 0 Å². The van der Waals surface area contributed by atoms with Crippen LogP contribution in [-0.4, -0.2) is 61.3 Å². The predicted molar refractivity (Wildman–Crippen MR) is 81.4 cm³/mol. The Morgan fingerprint density at radius 3 is 2.85 bits per heavy atom. The van der Waals surface area contributed by atoms with Crippen molar-refractivity contribution < 1.29 is 9.84 Å². The Morgan fingerprint density at radius 1 is 1.45 bits per heavy atom. The van der Waals surface area contributed by atoms with Crippen LogP contribution in [0.2, 0.25) is 5.02 Å². The fourth-order valence-corrected chi connectivity index (χ4v) is 3.05. The van der Waals surface area contributed by atoms with Gasteiger partial charge in [-0.05, 0) is 38.7 Å². The van der Waals surface area contributed by atoms with Gasteiger partial charge in [0.2, 0.25) is 0 Å². The summed E-state index contributed by atoms with van der Waals surface area (Å²) >= 11 is 6.08. The number of methoxy groups -OCH3 is 1. The lowest BCUT2D eigenvalue weighted by atomic mass is 10.1. The zero-order valence-corrected chi connectivity index (χ0v) is 13.1. The number of likely N-dealkylation sites (N-methyl/N-ethyl adjacent to an activating group) is 1. The van der Waals surface area contributed by atoms with Gasteiger partial charge in [0.25, 0.3) is 0 Å². The van der Waals surface area contributed by atoms with Crippen molar-refractivity contribution in [1.82, 2.24) is 9.80 Å². The molecule has 1 aliphatic rings. The molecular formula is C15H23ClN2O2. The Morgan fingerprint density at radius 2 is 2.20 bits per heavy atom. The molecule has 1 saturated heterocycles. The third kappa shape index (κ3) is 3.85. The van der Waals surface area contributed by atoms with Crippen LogP contribution >= 0.6 is 11.6 Å². The maximum Gasteiger partial charge on any atom is 0.123 e. The van der Waals surface area contributed by atoms with Crippen LogP contribution in [0, 0.1) is 0 Å². The van der Waals surface area contributed by atoms with Gasteiger partial charge in [0.1, 0.15) is 5.75 Å². The molecule has 1 heterocycles. The van der Waals surface area contributed by atoms with Crippen LogP contribution in [-0.2, 0) is 6.54 Å². The number of aliphatic hydroxyl groups is 1. The molecule has 2 atom stereocenters. The summed E-state index contributed by atoms with van der Waals surface area (Å²) in [6.07, 6.45) is 0.575. The molecular weight excluding hydrogens is 276 g/mol. The molecule has 2 unspecified atom stereocenters. The Balaban J connectivity index is 2.13. The monoisotopic (exact) mass is 298 g/mol. The topological polar surface area (TPSA) is 35.9 Å². The van der Waals surface area contributed by atoms with E-state index in [-0.39, 0.29) is 6.10 Å². The molecule has 0 aromatic heterocycles. The van der Waals surface area contributed by atoms with E-state index >= 15 is 0 Å². The van der Waals surface area contributed by atoms with E-state index in [1.165, 1.54) is 0 Å². The molecule has 5 heteroatoms. The number of halogens is 1. The average Bonchev–Trinajstić information content (AvgIpc) is 2.69. The second kappa shape index (κ2) is 6.76. The third-order valence-electron chi connectivity index (χ3n) is 3.70. The molecule has 1 N–H and O–H groups in total. The smallest absolute Gasteiger partial charge is 0.123 e. The number of hydrogen-bond donors (Lipinski definition) is 1. The van der Waals surface area contributed by atoms with Crippen LogP contribution in [0.1, 0.15) is 12.0 Å². The first-order valence-electron chi connectivity index (χ1n) is 6.89. The SMILES string of the molecule is COc1ccc(Cl)cc1CN1CC(O)CC1CN(C)C. The number of nitrogens with zero attached hydrogens (tertiary/aromatic N) is 2. The molecule has 20 heavy (non-hydrogen) atoms. The van der Waals surface area contributed by atoms with Crippen molar-refractivity contribution in [3.8, 4) is 5.75 Å². The van der Waals surface area contributed by atoms with Gasteiger partial charge in [-0.15, -0.1) is 0 Å². The van der Waals surface area contributed by atoms with Gasteiger partial charge in [-0.2, -0.15) is 0 Å². The lowest BCUT2D eigenvalue weighted by Gasteiger charge is -2.27. The van der Waals surface area contributed by atoms with Crippen LogP contribution < -0.4 is 4.74 Å². The number of likely N-dealkylation sites (tertiary alicyclic amines) is 1. The quantitative estimate of drug-likeness (QED) is 0.900. The second-order valence-electron chi connectivity index (χ2n) is 5.69. The summed E-state index contributed by atoms with van der Waals surface area (Å²) in [4.78, 5) is 4.46. The molecule has 112 valence electrons. The highest BCUT2D eigenvalue weighted by atomic mass is 35.5. The lowest BCUT2D eigenvalue weighted by molar-refractivity contribution is 0.168. The minimum absolute atomic E-state index is 0.245. The molecule has 0 radical (unpaired) electrons. The molecule has 0 amide bonds. The van der Waals surface area contributed by atoms with Gasteiger partial charge in [0.05, 0.1) is 13.2 Å². The molecule has 0 spiro atoms. The number of ether oxygens (including phenoxy) is 1. The summed E-state index contributed by atoms with van der Waals surface area (Å²) in [6, 6.07) is 6.03. The largest absolute Gasteiger partial charge is 0.496 e. The van der Waals surface area contributed by atoms with Crippen molar-refractivity contribution in [2.45, 2.75) is 25.1 Å². The number of aliphatic hydroxyl groups excluding tert-OH is 1. The van der Waals surface area contributed by atoms with Crippen LogP contribution in [0.15, 0.2) is 18.2 Å². The molecule has 1 aromatic carbocycles. The minimum atomic E-state index is -0.245. The molecule has 0 aliphatic carbocycles. The van der Waals surface area contributed by atoms with Crippen molar-refractivity contribution in [3.05, 3.63) is 28.8 Å². The highest BCUT2D eigenvalue weighted by Crippen LogP contribution is 2.27. The third-order valence-corrected chi connectivity index (χ3v) is 3.93. The van der Waals surface area contributed by atoms with Crippen molar-refractivity contribution >= 4 is 11.6 Å². The standard InChI is InChI=1S/C15H23ClN2O2/c1-17(2)9-13-7-14(19)10-18(13)8-11-6-12(16)4-5-15(11)20-3/h4-6,13-14,19H,7-10H2,1-3H3. The van der Waals surface area contributed by atoms with E-state index < -0.39 is 0 Å². The average molecular weight is 299 g/mol. The maximum absolute atomic E-state index is 9.92. The minimum Gasteiger partial charge on any atom is -0.496 e. The molecule has 1 fully saturated rings. The van der Waals surface area contributed by atoms with Crippen molar-refractivity contribution in [2.24, 2.45) is 0 Å². The van der Waals surface area contributed by atoms with Crippen LogP contribution in [0.5, 0.6) is 5.75 Å². The fraction of sp³-hybridized carbons (Fsp3) is 0.600. The fourth-order valence-electron chi connectivity index (χ4n) is 2.85. The first kappa shape index (κ1) is 15.6. The summed E-state index contributed by atoms with van der Waals surface area (Å²) in [5.41, 5.74) is 1.07. The highest BCUT2D eigenvalue weighted by molar-refractivity contribution is 6.30. The summed E-state index contributed by atoms with van der Waals surface area (Å²) in [5.74, 6) is 0.847. The number of rotatable bonds is 5. The number of hydrogen-bond acceptors (Lipinski definition) is 4. The Hall–Kier alpha value is -0.810. The molecule has 1 aromatic rings. The van der Waals surface area contributed by atoms with E-state index in [2.05, 4.69) is 23.9 Å². The Kier molecular flexibility index (Phi) is 5.27. The van der Waals surface area contributed by atoms with E-state index in [1.54, 1.807) is 7.11 Å². The summed E-state index contributed by atoms with van der Waals surface area (Å²) < 4.78 is 5.40. The van der Waals surface area contributed by atoms with Gasteiger partial charge in [-0.3, -0.25) is 4.90 Å². The van der Waals surface area contributed by atoms with Crippen LogP contribution in [0.25, 0.3) is 0 Å². The normalized spacial score (nSPS) is 23.5. The number of benzene rings is 1. The van der Waals surface area contributed by atoms with Crippen LogP contribution in [0.3, 0.4) is 0 Å². The zero-order valence-electron chi connectivity index (χ0n) is 12.3. The van der Waals surface area contributed by atoms with E-state index in [0.29, 0.717) is 17.6 Å². The zero-order chi connectivity index (χ0) is 14.7. The first-order valence-corrected chi connectivity index (χ1v) is 7.26. The lowest BCUT2D eigenvalue weighted by Crippen LogP contribution is -2.37. The van der Waals surface area contributed by atoms with E-state index in [4.69, 9.17) is 16.3 Å². The molecule has 0 saturated carbocycles. The van der Waals surface area contributed by atoms with E-state index in [9.17, 15) is 5.11 Å². The molecule has 2 rings (SSSR count). The van der Waals surface area contributed by atoms with Crippen molar-refractivity contribution in [2.75, 3.05) is 34.3 Å². The van der Waals surface area contributed by atoms with Gasteiger partial charge in [-0.1, -0.05) is 11.6 Å². The van der Waals surface area contributed by atoms with E-state index in [0.717, 1.165) is 30.8 Å². The Bertz CT molecular complexity index is 453.